The molecule has 0 atom stereocenters. The Morgan fingerprint density at radius 2 is 1.24 bits per heavy atom. The summed E-state index contributed by atoms with van der Waals surface area (Å²) in [7, 11) is 0. The van der Waals surface area contributed by atoms with Gasteiger partial charge in [0.2, 0.25) is 5.95 Å². The lowest BCUT2D eigenvalue weighted by molar-refractivity contribution is 0.661. The highest BCUT2D eigenvalue weighted by molar-refractivity contribution is 6.13. The van der Waals surface area contributed by atoms with Gasteiger partial charge in [0, 0.05) is 21.9 Å². The van der Waals surface area contributed by atoms with Gasteiger partial charge < -0.3 is 0 Å². The summed E-state index contributed by atoms with van der Waals surface area (Å²) in [6, 6.07) is 46.0. The molecule has 1 aliphatic rings. The van der Waals surface area contributed by atoms with Crippen LogP contribution in [0.2, 0.25) is 0 Å². The van der Waals surface area contributed by atoms with Gasteiger partial charge in [0.25, 0.3) is 0 Å². The highest BCUT2D eigenvalue weighted by atomic mass is 15.2. The average Bonchev–Trinajstić information content (AvgIpc) is 3.62. The predicted molar refractivity (Wildman–Crippen MR) is 170 cm³/mol. The minimum absolute atomic E-state index is 0.121. The molecule has 9 rings (SSSR count). The molecule has 0 saturated carbocycles. The van der Waals surface area contributed by atoms with Crippen LogP contribution in [0, 0.1) is 0 Å². The Kier molecular flexibility index (Phi) is 4.39. The lowest BCUT2D eigenvalue weighted by Gasteiger charge is -2.22. The summed E-state index contributed by atoms with van der Waals surface area (Å²) in [4.78, 5) is 5.27. The molecular formula is C38H27N3. The van der Waals surface area contributed by atoms with Crippen molar-refractivity contribution in [2.75, 3.05) is 0 Å². The highest BCUT2D eigenvalue weighted by Gasteiger charge is 2.37. The standard InChI is InChI=1S/C38H27N3/c1-38(2)30-21-20-24-12-6-7-15-26(24)36(30)29-22-28-27-16-8-10-18-33(27)41(35(28)23-31(29)38)37-39-32-17-9-11-19-34(32)40(37)25-13-4-3-5-14-25/h3-23H,1-2H3. The molecule has 2 aromatic heterocycles. The van der Waals surface area contributed by atoms with E-state index in [0.29, 0.717) is 0 Å². The minimum atomic E-state index is -0.121. The monoisotopic (exact) mass is 525 g/mol. The van der Waals surface area contributed by atoms with E-state index in [2.05, 4.69) is 150 Å². The summed E-state index contributed by atoms with van der Waals surface area (Å²) in [5.41, 5.74) is 10.9. The fourth-order valence-corrected chi connectivity index (χ4v) is 7.18. The van der Waals surface area contributed by atoms with Crippen LogP contribution >= 0.6 is 0 Å². The number of aromatic nitrogens is 3. The lowest BCUT2D eigenvalue weighted by atomic mass is 9.82. The molecule has 3 heteroatoms. The van der Waals surface area contributed by atoms with Gasteiger partial charge in [-0.2, -0.15) is 0 Å². The quantitative estimate of drug-likeness (QED) is 0.220. The topological polar surface area (TPSA) is 22.8 Å². The number of fused-ring (bicyclic) bond motifs is 9. The molecule has 1 aliphatic carbocycles. The molecule has 6 aromatic carbocycles. The van der Waals surface area contributed by atoms with Gasteiger partial charge >= 0.3 is 0 Å². The third-order valence-corrected chi connectivity index (χ3v) is 9.11. The SMILES string of the molecule is CC1(C)c2cc3c(cc2-c2c1ccc1ccccc21)c1ccccc1n3-c1nc2ccccc2n1-c1ccccc1. The predicted octanol–water partition coefficient (Wildman–Crippen LogP) is 9.58. The van der Waals surface area contributed by atoms with Gasteiger partial charge in [-0.05, 0) is 75.5 Å². The van der Waals surface area contributed by atoms with Crippen molar-refractivity contribution in [3.63, 3.8) is 0 Å². The Morgan fingerprint density at radius 3 is 2.10 bits per heavy atom. The van der Waals surface area contributed by atoms with E-state index in [9.17, 15) is 0 Å². The van der Waals surface area contributed by atoms with Crippen LogP contribution in [0.4, 0.5) is 0 Å². The van der Waals surface area contributed by atoms with Gasteiger partial charge in [0.05, 0.1) is 22.1 Å². The Bertz CT molecular complexity index is 2330. The normalized spacial score (nSPS) is 13.8. The molecule has 0 spiro atoms. The second kappa shape index (κ2) is 7.96. The fourth-order valence-electron chi connectivity index (χ4n) is 7.18. The van der Waals surface area contributed by atoms with Gasteiger partial charge in [0.1, 0.15) is 0 Å². The Hall–Kier alpha value is -5.15. The van der Waals surface area contributed by atoms with E-state index in [1.807, 2.05) is 0 Å². The van der Waals surface area contributed by atoms with Crippen molar-refractivity contribution in [1.82, 2.24) is 14.1 Å². The van der Waals surface area contributed by atoms with Crippen LogP contribution in [0.3, 0.4) is 0 Å². The summed E-state index contributed by atoms with van der Waals surface area (Å²) in [6.45, 7) is 4.73. The van der Waals surface area contributed by atoms with E-state index in [4.69, 9.17) is 4.98 Å². The fraction of sp³-hybridized carbons (Fsp3) is 0.0789. The first kappa shape index (κ1) is 22.6. The summed E-state index contributed by atoms with van der Waals surface area (Å²) < 4.78 is 4.66. The third-order valence-electron chi connectivity index (χ3n) is 9.11. The van der Waals surface area contributed by atoms with Gasteiger partial charge in [0.15, 0.2) is 0 Å². The number of benzene rings is 6. The molecule has 0 unspecified atom stereocenters. The molecular weight excluding hydrogens is 498 g/mol. The maximum absolute atomic E-state index is 5.27. The van der Waals surface area contributed by atoms with Gasteiger partial charge in [-0.15, -0.1) is 0 Å². The number of para-hydroxylation sites is 4. The first-order valence-corrected chi connectivity index (χ1v) is 14.2. The van der Waals surface area contributed by atoms with Crippen molar-refractivity contribution < 1.29 is 0 Å². The van der Waals surface area contributed by atoms with Crippen LogP contribution in [-0.2, 0) is 5.41 Å². The molecule has 3 nitrogen and oxygen atoms in total. The zero-order chi connectivity index (χ0) is 27.3. The van der Waals surface area contributed by atoms with E-state index in [0.717, 1.165) is 28.2 Å². The first-order valence-electron chi connectivity index (χ1n) is 14.2. The summed E-state index contributed by atoms with van der Waals surface area (Å²) in [5.74, 6) is 0.905. The molecule has 0 radical (unpaired) electrons. The van der Waals surface area contributed by atoms with E-state index in [-0.39, 0.29) is 5.41 Å². The highest BCUT2D eigenvalue weighted by Crippen LogP contribution is 2.53. The van der Waals surface area contributed by atoms with E-state index >= 15 is 0 Å². The van der Waals surface area contributed by atoms with E-state index in [1.54, 1.807) is 0 Å². The minimum Gasteiger partial charge on any atom is -0.279 e. The van der Waals surface area contributed by atoms with Crippen molar-refractivity contribution in [3.8, 4) is 22.8 Å². The van der Waals surface area contributed by atoms with Gasteiger partial charge in [-0.25, -0.2) is 4.98 Å². The van der Waals surface area contributed by atoms with Crippen molar-refractivity contribution in [2.24, 2.45) is 0 Å². The summed E-state index contributed by atoms with van der Waals surface area (Å²) >= 11 is 0. The van der Waals surface area contributed by atoms with Crippen LogP contribution in [0.5, 0.6) is 0 Å². The molecule has 0 fully saturated rings. The number of hydrogen-bond acceptors (Lipinski definition) is 1. The Labute approximate surface area is 237 Å². The molecule has 0 N–H and O–H groups in total. The maximum atomic E-state index is 5.27. The number of hydrogen-bond donors (Lipinski definition) is 0. The summed E-state index contributed by atoms with van der Waals surface area (Å²) in [6.07, 6.45) is 0. The molecule has 0 bridgehead atoms. The second-order valence-corrected chi connectivity index (χ2v) is 11.7. The first-order chi connectivity index (χ1) is 20.1. The van der Waals surface area contributed by atoms with E-state index < -0.39 is 0 Å². The zero-order valence-corrected chi connectivity index (χ0v) is 23.0. The number of rotatable bonds is 2. The van der Waals surface area contributed by atoms with Crippen LogP contribution in [0.25, 0.3) is 66.4 Å². The second-order valence-electron chi connectivity index (χ2n) is 11.7. The van der Waals surface area contributed by atoms with Crippen LogP contribution < -0.4 is 0 Å². The summed E-state index contributed by atoms with van der Waals surface area (Å²) in [5, 5.41) is 5.10. The largest absolute Gasteiger partial charge is 0.279 e. The lowest BCUT2D eigenvalue weighted by Crippen LogP contribution is -2.15. The molecule has 2 heterocycles. The smallest absolute Gasteiger partial charge is 0.220 e. The average molecular weight is 526 g/mol. The maximum Gasteiger partial charge on any atom is 0.220 e. The number of nitrogens with zero attached hydrogens (tertiary/aromatic N) is 3. The Balaban J connectivity index is 1.43. The van der Waals surface area contributed by atoms with Gasteiger partial charge in [-0.1, -0.05) is 98.8 Å². The molecule has 41 heavy (non-hydrogen) atoms. The molecule has 0 aliphatic heterocycles. The van der Waals surface area contributed by atoms with Crippen molar-refractivity contribution in [3.05, 3.63) is 139 Å². The Morgan fingerprint density at radius 1 is 0.537 bits per heavy atom. The zero-order valence-electron chi connectivity index (χ0n) is 23.0. The van der Waals surface area contributed by atoms with Crippen LogP contribution in [0.15, 0.2) is 127 Å². The van der Waals surface area contributed by atoms with Gasteiger partial charge in [-0.3, -0.25) is 9.13 Å². The van der Waals surface area contributed by atoms with Crippen LogP contribution in [-0.4, -0.2) is 14.1 Å². The van der Waals surface area contributed by atoms with Crippen molar-refractivity contribution >= 4 is 43.6 Å². The van der Waals surface area contributed by atoms with Crippen LogP contribution in [0.1, 0.15) is 25.0 Å². The molecule has 0 amide bonds. The van der Waals surface area contributed by atoms with Crippen molar-refractivity contribution in [2.45, 2.75) is 19.3 Å². The van der Waals surface area contributed by atoms with Crippen molar-refractivity contribution in [1.29, 1.82) is 0 Å². The molecule has 0 saturated heterocycles. The number of imidazole rings is 1. The molecule has 8 aromatic rings. The molecule has 194 valence electrons. The third kappa shape index (κ3) is 2.95. The van der Waals surface area contributed by atoms with E-state index in [1.165, 1.54) is 49.3 Å².